The van der Waals surface area contributed by atoms with Gasteiger partial charge >= 0.3 is 18.2 Å². The fraction of sp³-hybridized carbons (Fsp3) is 0.472. The Balaban J connectivity index is 1.60. The van der Waals surface area contributed by atoms with Gasteiger partial charge in [0.1, 0.15) is 28.2 Å². The third kappa shape index (κ3) is 11.6. The lowest BCUT2D eigenvalue weighted by atomic mass is 10.0. The van der Waals surface area contributed by atoms with E-state index in [1.165, 1.54) is 19.4 Å². The summed E-state index contributed by atoms with van der Waals surface area (Å²) in [4.78, 5) is 66.9. The molecule has 274 valence electrons. The molecule has 15 nitrogen and oxygen atoms in total. The number of pyridine rings is 1. The standard InChI is InChI=1S/C36H46N6O9/c1-35(2,3)50-33(45)38-12-8-16-49-29-10-9-23(19-25(29)32(44)47-7)26-22-39-31(41-34(46)51-36(4,5)6)30(40-26)28(43)20-24-21-37-13-11-27(24)42-14-17-48-18-15-42/h9-11,13,19,21-22H,8,12,14-18,20H2,1-7H3,(H,38,45)(H,39,41,46). The van der Waals surface area contributed by atoms with Gasteiger partial charge in [-0.2, -0.15) is 0 Å². The zero-order chi connectivity index (χ0) is 37.2. The number of benzene rings is 1. The summed E-state index contributed by atoms with van der Waals surface area (Å²) in [5.41, 5.74) is 0.825. The van der Waals surface area contributed by atoms with Gasteiger partial charge in [-0.3, -0.25) is 15.1 Å². The maximum Gasteiger partial charge on any atom is 0.413 e. The molecule has 1 aromatic carbocycles. The van der Waals surface area contributed by atoms with E-state index in [-0.39, 0.29) is 41.5 Å². The molecule has 0 atom stereocenters. The van der Waals surface area contributed by atoms with Gasteiger partial charge in [0.05, 0.1) is 38.8 Å². The molecule has 0 bridgehead atoms. The van der Waals surface area contributed by atoms with Gasteiger partial charge in [-0.25, -0.2) is 24.4 Å². The monoisotopic (exact) mass is 706 g/mol. The zero-order valence-electron chi connectivity index (χ0n) is 30.2. The molecular weight excluding hydrogens is 660 g/mol. The molecular formula is C36H46N6O9. The number of carbonyl (C=O) groups excluding carboxylic acids is 4. The summed E-state index contributed by atoms with van der Waals surface area (Å²) in [6.45, 7) is 13.4. The van der Waals surface area contributed by atoms with Crippen molar-refractivity contribution < 1.29 is 42.9 Å². The van der Waals surface area contributed by atoms with E-state index >= 15 is 0 Å². The molecule has 3 aromatic rings. The quantitative estimate of drug-likeness (QED) is 0.108. The Kier molecular flexibility index (Phi) is 12.9. The minimum atomic E-state index is -0.801. The van der Waals surface area contributed by atoms with Gasteiger partial charge in [-0.05, 0) is 72.2 Å². The molecule has 0 unspecified atom stereocenters. The second-order valence-corrected chi connectivity index (χ2v) is 13.6. The van der Waals surface area contributed by atoms with Gasteiger partial charge in [0, 0.05) is 55.3 Å². The normalized spacial score (nSPS) is 13.2. The van der Waals surface area contributed by atoms with Crippen molar-refractivity contribution in [3.63, 3.8) is 0 Å². The van der Waals surface area contributed by atoms with Crippen LogP contribution in [0.2, 0.25) is 0 Å². The minimum absolute atomic E-state index is 0.0787. The number of Topliss-reactive ketones (excluding diaryl/α,β-unsaturated/α-hetero) is 1. The lowest BCUT2D eigenvalue weighted by molar-refractivity contribution is 0.0523. The van der Waals surface area contributed by atoms with E-state index in [1.807, 2.05) is 6.07 Å². The number of ether oxygens (including phenoxy) is 5. The Morgan fingerprint density at radius 3 is 2.33 bits per heavy atom. The first kappa shape index (κ1) is 38.5. The van der Waals surface area contributed by atoms with E-state index in [1.54, 1.807) is 66.1 Å². The van der Waals surface area contributed by atoms with Crippen LogP contribution in [-0.4, -0.2) is 96.7 Å². The summed E-state index contributed by atoms with van der Waals surface area (Å²) < 4.78 is 27.0. The van der Waals surface area contributed by atoms with E-state index in [0.717, 1.165) is 5.69 Å². The van der Waals surface area contributed by atoms with Gasteiger partial charge in [0.25, 0.3) is 0 Å². The van der Waals surface area contributed by atoms with Crippen LogP contribution in [0.3, 0.4) is 0 Å². The van der Waals surface area contributed by atoms with E-state index < -0.39 is 35.1 Å². The van der Waals surface area contributed by atoms with E-state index in [9.17, 15) is 19.2 Å². The highest BCUT2D eigenvalue weighted by atomic mass is 16.6. The number of nitrogens with zero attached hydrogens (tertiary/aromatic N) is 4. The minimum Gasteiger partial charge on any atom is -0.493 e. The molecule has 2 aromatic heterocycles. The molecule has 51 heavy (non-hydrogen) atoms. The van der Waals surface area contributed by atoms with Crippen LogP contribution >= 0.6 is 0 Å². The van der Waals surface area contributed by atoms with Gasteiger partial charge < -0.3 is 33.9 Å². The molecule has 0 radical (unpaired) electrons. The topological polar surface area (TPSA) is 180 Å². The molecule has 0 spiro atoms. The third-order valence-corrected chi connectivity index (χ3v) is 7.16. The number of nitrogens with one attached hydrogen (secondary N) is 2. The number of anilines is 2. The average Bonchev–Trinajstić information content (AvgIpc) is 3.07. The molecule has 1 aliphatic heterocycles. The van der Waals surface area contributed by atoms with Crippen molar-refractivity contribution in [2.75, 3.05) is 56.8 Å². The van der Waals surface area contributed by atoms with Crippen molar-refractivity contribution >= 4 is 35.4 Å². The van der Waals surface area contributed by atoms with Crippen LogP contribution in [0.1, 0.15) is 74.4 Å². The number of methoxy groups -OCH3 is 1. The number of alkyl carbamates (subject to hydrolysis) is 1. The summed E-state index contributed by atoms with van der Waals surface area (Å²) in [6, 6.07) is 6.63. The van der Waals surface area contributed by atoms with Crippen molar-refractivity contribution in [3.05, 3.63) is 59.7 Å². The Hall–Kier alpha value is -5.31. The fourth-order valence-electron chi connectivity index (χ4n) is 4.98. The number of aromatic nitrogens is 3. The van der Waals surface area contributed by atoms with Crippen molar-refractivity contribution in [2.24, 2.45) is 0 Å². The first-order valence-electron chi connectivity index (χ1n) is 16.6. The Morgan fingerprint density at radius 2 is 1.65 bits per heavy atom. The summed E-state index contributed by atoms with van der Waals surface area (Å²) in [5, 5.41) is 5.22. The molecule has 0 aliphatic carbocycles. The van der Waals surface area contributed by atoms with Crippen molar-refractivity contribution in [3.8, 4) is 17.0 Å². The number of hydrogen-bond acceptors (Lipinski definition) is 13. The zero-order valence-corrected chi connectivity index (χ0v) is 30.2. The van der Waals surface area contributed by atoms with E-state index in [2.05, 4.69) is 30.5 Å². The molecule has 4 rings (SSSR count). The number of hydrogen-bond donors (Lipinski definition) is 2. The maximum absolute atomic E-state index is 14.0. The first-order valence-corrected chi connectivity index (χ1v) is 16.6. The maximum atomic E-state index is 14.0. The van der Waals surface area contributed by atoms with Crippen LogP contribution in [0, 0.1) is 0 Å². The molecule has 2 amide bonds. The van der Waals surface area contributed by atoms with Crippen LogP contribution in [-0.2, 0) is 25.4 Å². The highest BCUT2D eigenvalue weighted by Gasteiger charge is 2.25. The lowest BCUT2D eigenvalue weighted by Gasteiger charge is -2.30. The van der Waals surface area contributed by atoms with Crippen molar-refractivity contribution in [2.45, 2.75) is 65.6 Å². The Morgan fingerprint density at radius 1 is 0.941 bits per heavy atom. The van der Waals surface area contributed by atoms with Crippen LogP contribution in [0.5, 0.6) is 5.75 Å². The number of esters is 1. The number of ketones is 1. The van der Waals surface area contributed by atoms with E-state index in [4.69, 9.17) is 23.7 Å². The molecule has 2 N–H and O–H groups in total. The van der Waals surface area contributed by atoms with Gasteiger partial charge in [0.2, 0.25) is 0 Å². The summed E-state index contributed by atoms with van der Waals surface area (Å²) in [5.74, 6) is -0.907. The lowest BCUT2D eigenvalue weighted by Crippen LogP contribution is -2.37. The highest BCUT2D eigenvalue weighted by Crippen LogP contribution is 2.29. The number of rotatable bonds is 12. The number of carbonyl (C=O) groups is 4. The molecule has 1 aliphatic rings. The molecule has 15 heteroatoms. The summed E-state index contributed by atoms with van der Waals surface area (Å²) >= 11 is 0. The highest BCUT2D eigenvalue weighted by molar-refractivity contribution is 6.03. The van der Waals surface area contributed by atoms with Gasteiger partial charge in [-0.1, -0.05) is 0 Å². The molecule has 3 heterocycles. The fourth-order valence-corrected chi connectivity index (χ4v) is 4.98. The number of amides is 2. The smallest absolute Gasteiger partial charge is 0.413 e. The Labute approximate surface area is 297 Å². The molecule has 1 saturated heterocycles. The van der Waals surface area contributed by atoms with Gasteiger partial charge in [0.15, 0.2) is 11.6 Å². The third-order valence-electron chi connectivity index (χ3n) is 7.16. The second kappa shape index (κ2) is 17.1. The predicted molar refractivity (Wildman–Crippen MR) is 188 cm³/mol. The second-order valence-electron chi connectivity index (χ2n) is 13.6. The largest absolute Gasteiger partial charge is 0.493 e. The first-order chi connectivity index (χ1) is 24.1. The summed E-state index contributed by atoms with van der Waals surface area (Å²) in [7, 11) is 1.25. The van der Waals surface area contributed by atoms with Crippen LogP contribution < -0.4 is 20.3 Å². The van der Waals surface area contributed by atoms with Crippen LogP contribution in [0.25, 0.3) is 11.3 Å². The predicted octanol–water partition coefficient (Wildman–Crippen LogP) is 5.23. The van der Waals surface area contributed by atoms with Gasteiger partial charge in [-0.15, -0.1) is 0 Å². The summed E-state index contributed by atoms with van der Waals surface area (Å²) in [6.07, 6.45) is 3.71. The average molecular weight is 707 g/mol. The van der Waals surface area contributed by atoms with Crippen LogP contribution in [0.15, 0.2) is 42.9 Å². The SMILES string of the molecule is COC(=O)c1cc(-c2cnc(NC(=O)OC(C)(C)C)c(C(=O)Cc3cnccc3N3CCOCC3)n2)ccc1OCCCNC(=O)OC(C)(C)C. The molecule has 1 fully saturated rings. The Bertz CT molecular complexity index is 1710. The molecule has 0 saturated carbocycles. The van der Waals surface area contributed by atoms with Crippen molar-refractivity contribution in [1.29, 1.82) is 0 Å². The van der Waals surface area contributed by atoms with Crippen LogP contribution in [0.4, 0.5) is 21.1 Å². The van der Waals surface area contributed by atoms with E-state index in [0.29, 0.717) is 50.4 Å². The van der Waals surface area contributed by atoms with Crippen molar-refractivity contribution in [1.82, 2.24) is 20.3 Å². The number of morpholine rings is 1.